The fourth-order valence-electron chi connectivity index (χ4n) is 1.48. The van der Waals surface area contributed by atoms with Crippen LogP contribution in [-0.4, -0.2) is 33.1 Å². The summed E-state index contributed by atoms with van der Waals surface area (Å²) < 4.78 is 31.2. The Morgan fingerprint density at radius 3 is 2.68 bits per heavy atom. The fourth-order valence-corrected chi connectivity index (χ4v) is 2.86. The Kier molecular flexibility index (Phi) is 4.81. The fraction of sp³-hybridized carbons (Fsp3) is 0.400. The lowest BCUT2D eigenvalue weighted by Gasteiger charge is -2.14. The van der Waals surface area contributed by atoms with Crippen molar-refractivity contribution in [2.24, 2.45) is 0 Å². The maximum Gasteiger partial charge on any atom is 0.270 e. The molecule has 0 bridgehead atoms. The van der Waals surface area contributed by atoms with Gasteiger partial charge in [0.05, 0.1) is 17.2 Å². The highest BCUT2D eigenvalue weighted by molar-refractivity contribution is 7.89. The highest BCUT2D eigenvalue weighted by Gasteiger charge is 2.22. The predicted molar refractivity (Wildman–Crippen MR) is 69.2 cm³/mol. The number of nitrogen functional groups attached to an aromatic ring is 1. The molecule has 1 unspecified atom stereocenters. The minimum Gasteiger partial charge on any atom is -0.398 e. The van der Waals surface area contributed by atoms with Crippen molar-refractivity contribution >= 4 is 21.4 Å². The van der Waals surface area contributed by atoms with E-state index < -0.39 is 21.0 Å². The molecule has 3 N–H and O–H groups in total. The molecule has 0 amide bonds. The SMILES string of the molecule is COCC(C)NS(=O)(=O)c1cc([N+](=O)[O-])ccc1N. The summed E-state index contributed by atoms with van der Waals surface area (Å²) in [7, 11) is -2.49. The topological polar surface area (TPSA) is 125 Å². The zero-order valence-electron chi connectivity index (χ0n) is 10.5. The summed E-state index contributed by atoms with van der Waals surface area (Å²) in [6.45, 7) is 1.78. The third-order valence-electron chi connectivity index (χ3n) is 2.27. The van der Waals surface area contributed by atoms with Crippen molar-refractivity contribution in [1.29, 1.82) is 0 Å². The van der Waals surface area contributed by atoms with E-state index in [-0.39, 0.29) is 22.9 Å². The molecule has 0 aliphatic rings. The van der Waals surface area contributed by atoms with E-state index in [0.29, 0.717) is 0 Å². The maximum absolute atomic E-state index is 12.0. The van der Waals surface area contributed by atoms with Crippen molar-refractivity contribution in [3.63, 3.8) is 0 Å². The number of hydrogen-bond acceptors (Lipinski definition) is 6. The highest BCUT2D eigenvalue weighted by Crippen LogP contribution is 2.24. The molecular weight excluding hydrogens is 274 g/mol. The van der Waals surface area contributed by atoms with Gasteiger partial charge < -0.3 is 10.5 Å². The monoisotopic (exact) mass is 289 g/mol. The molecule has 0 aliphatic heterocycles. The van der Waals surface area contributed by atoms with Crippen molar-refractivity contribution in [3.8, 4) is 0 Å². The first-order valence-corrected chi connectivity index (χ1v) is 6.81. The summed E-state index contributed by atoms with van der Waals surface area (Å²) in [5.41, 5.74) is 5.16. The second-order valence-corrected chi connectivity index (χ2v) is 5.64. The van der Waals surface area contributed by atoms with Crippen molar-refractivity contribution < 1.29 is 18.1 Å². The standard InChI is InChI=1S/C10H15N3O5S/c1-7(6-18-2)12-19(16,17)10-5-8(13(14)15)3-4-9(10)11/h3-5,7,12H,6,11H2,1-2H3. The molecule has 0 heterocycles. The van der Waals surface area contributed by atoms with Crippen LogP contribution in [0.4, 0.5) is 11.4 Å². The molecule has 0 saturated carbocycles. The van der Waals surface area contributed by atoms with Crippen LogP contribution in [-0.2, 0) is 14.8 Å². The van der Waals surface area contributed by atoms with Gasteiger partial charge in [-0.1, -0.05) is 0 Å². The largest absolute Gasteiger partial charge is 0.398 e. The number of nitrogens with zero attached hydrogens (tertiary/aromatic N) is 1. The molecule has 1 rings (SSSR count). The van der Waals surface area contributed by atoms with Gasteiger partial charge in [-0.15, -0.1) is 0 Å². The lowest BCUT2D eigenvalue weighted by atomic mass is 10.3. The van der Waals surface area contributed by atoms with E-state index in [1.807, 2.05) is 0 Å². The molecule has 0 aliphatic carbocycles. The molecule has 1 aromatic carbocycles. The van der Waals surface area contributed by atoms with Crippen LogP contribution in [0.25, 0.3) is 0 Å². The lowest BCUT2D eigenvalue weighted by molar-refractivity contribution is -0.385. The normalized spacial score (nSPS) is 13.2. The number of sulfonamides is 1. The average molecular weight is 289 g/mol. The Hall–Kier alpha value is -1.71. The third-order valence-corrected chi connectivity index (χ3v) is 3.92. The Balaban J connectivity index is 3.13. The first-order chi connectivity index (χ1) is 8.77. The molecule has 106 valence electrons. The van der Waals surface area contributed by atoms with Crippen molar-refractivity contribution in [2.75, 3.05) is 19.5 Å². The van der Waals surface area contributed by atoms with E-state index in [1.165, 1.54) is 13.2 Å². The number of benzene rings is 1. The van der Waals surface area contributed by atoms with E-state index in [2.05, 4.69) is 4.72 Å². The van der Waals surface area contributed by atoms with Crippen LogP contribution in [0.2, 0.25) is 0 Å². The number of rotatable bonds is 6. The first kappa shape index (κ1) is 15.3. The van der Waals surface area contributed by atoms with Crippen LogP contribution in [0.1, 0.15) is 6.92 Å². The van der Waals surface area contributed by atoms with Gasteiger partial charge in [-0.25, -0.2) is 13.1 Å². The number of nitrogens with one attached hydrogen (secondary N) is 1. The molecule has 0 radical (unpaired) electrons. The summed E-state index contributed by atoms with van der Waals surface area (Å²) in [6, 6.07) is 2.78. The van der Waals surface area contributed by atoms with Gasteiger partial charge in [0.1, 0.15) is 4.90 Å². The smallest absolute Gasteiger partial charge is 0.270 e. The quantitative estimate of drug-likeness (QED) is 0.446. The van der Waals surface area contributed by atoms with Crippen molar-refractivity contribution in [3.05, 3.63) is 28.3 Å². The molecule has 9 heteroatoms. The summed E-state index contributed by atoms with van der Waals surface area (Å²) >= 11 is 0. The van der Waals surface area contributed by atoms with Gasteiger partial charge in [0.2, 0.25) is 10.0 Å². The second-order valence-electron chi connectivity index (χ2n) is 3.96. The number of non-ortho nitro benzene ring substituents is 1. The van der Waals surface area contributed by atoms with E-state index in [4.69, 9.17) is 10.5 Å². The minimum absolute atomic E-state index is 0.0530. The van der Waals surface area contributed by atoms with E-state index >= 15 is 0 Å². The molecule has 1 aromatic rings. The van der Waals surface area contributed by atoms with E-state index in [9.17, 15) is 18.5 Å². The number of methoxy groups -OCH3 is 1. The van der Waals surface area contributed by atoms with Gasteiger partial charge in [0.25, 0.3) is 5.69 Å². The van der Waals surface area contributed by atoms with Crippen LogP contribution < -0.4 is 10.5 Å². The van der Waals surface area contributed by atoms with Gasteiger partial charge in [0.15, 0.2) is 0 Å². The zero-order chi connectivity index (χ0) is 14.6. The minimum atomic E-state index is -3.93. The molecule has 0 aromatic heterocycles. The average Bonchev–Trinajstić information content (AvgIpc) is 2.28. The molecule has 0 spiro atoms. The Morgan fingerprint density at radius 1 is 1.53 bits per heavy atom. The van der Waals surface area contributed by atoms with Crippen LogP contribution in [0.5, 0.6) is 0 Å². The Bertz CT molecular complexity index is 573. The van der Waals surface area contributed by atoms with E-state index in [1.54, 1.807) is 6.92 Å². The van der Waals surface area contributed by atoms with Gasteiger partial charge >= 0.3 is 0 Å². The van der Waals surface area contributed by atoms with Gasteiger partial charge in [-0.05, 0) is 13.0 Å². The maximum atomic E-state index is 12.0. The molecule has 19 heavy (non-hydrogen) atoms. The first-order valence-electron chi connectivity index (χ1n) is 5.33. The molecule has 0 fully saturated rings. The van der Waals surface area contributed by atoms with Crippen molar-refractivity contribution in [2.45, 2.75) is 17.9 Å². The number of nitro groups is 1. The number of hydrogen-bond donors (Lipinski definition) is 2. The van der Waals surface area contributed by atoms with Gasteiger partial charge in [-0.2, -0.15) is 0 Å². The highest BCUT2D eigenvalue weighted by atomic mass is 32.2. The summed E-state index contributed by atoms with van der Waals surface area (Å²) in [4.78, 5) is 9.65. The van der Waals surface area contributed by atoms with Gasteiger partial charge in [0, 0.05) is 25.3 Å². The molecule has 8 nitrogen and oxygen atoms in total. The van der Waals surface area contributed by atoms with E-state index in [0.717, 1.165) is 12.1 Å². The van der Waals surface area contributed by atoms with Crippen LogP contribution in [0.15, 0.2) is 23.1 Å². The number of nitro benzene ring substituents is 1. The van der Waals surface area contributed by atoms with Crippen LogP contribution in [0.3, 0.4) is 0 Å². The summed E-state index contributed by atoms with van der Waals surface area (Å²) in [6.07, 6.45) is 0. The lowest BCUT2D eigenvalue weighted by Crippen LogP contribution is -2.35. The molecular formula is C10H15N3O5S. The Morgan fingerprint density at radius 2 is 2.16 bits per heavy atom. The summed E-state index contributed by atoms with van der Waals surface area (Å²) in [5, 5.41) is 10.6. The number of anilines is 1. The number of nitrogens with two attached hydrogens (primary N) is 1. The van der Waals surface area contributed by atoms with Gasteiger partial charge in [-0.3, -0.25) is 10.1 Å². The molecule has 0 saturated heterocycles. The third kappa shape index (κ3) is 3.88. The Labute approximate surface area is 110 Å². The van der Waals surface area contributed by atoms with Crippen LogP contribution in [0, 0.1) is 10.1 Å². The summed E-state index contributed by atoms with van der Waals surface area (Å²) in [5.74, 6) is 0. The second kappa shape index (κ2) is 5.95. The molecule has 1 atom stereocenters. The number of ether oxygens (including phenoxy) is 1. The zero-order valence-corrected chi connectivity index (χ0v) is 11.3. The predicted octanol–water partition coefficient (Wildman–Crippen LogP) is 0.490. The van der Waals surface area contributed by atoms with Crippen molar-refractivity contribution in [1.82, 2.24) is 4.72 Å². The van der Waals surface area contributed by atoms with Crippen LogP contribution >= 0.6 is 0 Å².